The third kappa shape index (κ3) is 4.16. The van der Waals surface area contributed by atoms with Gasteiger partial charge in [0.1, 0.15) is 23.3 Å². The molecular weight excluding hydrogens is 457 g/mol. The number of rotatable bonds is 5. The minimum atomic E-state index is -0.503. The molecule has 0 bridgehead atoms. The van der Waals surface area contributed by atoms with Crippen molar-refractivity contribution in [1.82, 2.24) is 24.5 Å². The molecule has 0 aliphatic rings. The number of hydrogen-bond donors (Lipinski definition) is 1. The second-order valence-corrected chi connectivity index (χ2v) is 8.17. The standard InChI is InChI=1S/C27H20FN7O/c1-16(32-25-23(29-3)15-31-17(2)33-25)26-34-22-11-7-10-21(18-12-19(28)14-30-13-18)24(22)27(36)35(26)20-8-5-4-6-9-20/h4-16H,1-2H3,(H,31,32,33)/t16-/m0/s1. The highest BCUT2D eigenvalue weighted by Crippen LogP contribution is 2.29. The molecule has 0 spiro atoms. The van der Waals surface area contributed by atoms with E-state index < -0.39 is 11.9 Å². The number of benzene rings is 2. The molecule has 0 amide bonds. The largest absolute Gasteiger partial charge is 0.369 e. The zero-order valence-electron chi connectivity index (χ0n) is 19.5. The third-order valence-corrected chi connectivity index (χ3v) is 5.70. The highest BCUT2D eigenvalue weighted by atomic mass is 19.1. The highest BCUT2D eigenvalue weighted by molar-refractivity contribution is 5.94. The molecule has 176 valence electrons. The molecule has 0 aliphatic heterocycles. The predicted molar refractivity (Wildman–Crippen MR) is 136 cm³/mol. The molecule has 3 aromatic heterocycles. The quantitative estimate of drug-likeness (QED) is 0.341. The van der Waals surface area contributed by atoms with Crippen molar-refractivity contribution in [3.63, 3.8) is 0 Å². The van der Waals surface area contributed by atoms with E-state index in [2.05, 4.69) is 25.1 Å². The lowest BCUT2D eigenvalue weighted by Gasteiger charge is -2.21. The molecule has 0 radical (unpaired) electrons. The Kier molecular flexibility index (Phi) is 5.92. The molecule has 8 nitrogen and oxygen atoms in total. The first-order valence-electron chi connectivity index (χ1n) is 11.2. The van der Waals surface area contributed by atoms with Crippen LogP contribution in [0.3, 0.4) is 0 Å². The lowest BCUT2D eigenvalue weighted by molar-refractivity contribution is 0.622. The molecule has 0 unspecified atom stereocenters. The fraction of sp³-hybridized carbons (Fsp3) is 0.111. The minimum Gasteiger partial charge on any atom is -0.369 e. The van der Waals surface area contributed by atoms with Crippen molar-refractivity contribution < 1.29 is 4.39 Å². The summed E-state index contributed by atoms with van der Waals surface area (Å²) < 4.78 is 15.5. The van der Waals surface area contributed by atoms with Crippen LogP contribution in [0.5, 0.6) is 0 Å². The van der Waals surface area contributed by atoms with Crippen molar-refractivity contribution in [1.29, 1.82) is 0 Å². The number of aryl methyl sites for hydroxylation is 1. The van der Waals surface area contributed by atoms with Gasteiger partial charge in [0.15, 0.2) is 0 Å². The van der Waals surface area contributed by atoms with E-state index in [1.54, 1.807) is 25.1 Å². The average Bonchev–Trinajstić information content (AvgIpc) is 2.89. The zero-order chi connectivity index (χ0) is 25.2. The van der Waals surface area contributed by atoms with Crippen LogP contribution in [0.15, 0.2) is 78.0 Å². The van der Waals surface area contributed by atoms with Gasteiger partial charge in [-0.2, -0.15) is 0 Å². The Labute approximate surface area is 206 Å². The van der Waals surface area contributed by atoms with Gasteiger partial charge >= 0.3 is 0 Å². The first-order chi connectivity index (χ1) is 17.5. The second-order valence-electron chi connectivity index (χ2n) is 8.17. The second kappa shape index (κ2) is 9.35. The number of pyridine rings is 1. The zero-order valence-corrected chi connectivity index (χ0v) is 19.5. The van der Waals surface area contributed by atoms with E-state index in [4.69, 9.17) is 11.6 Å². The lowest BCUT2D eigenvalue weighted by atomic mass is 10.0. The smallest absolute Gasteiger partial charge is 0.266 e. The van der Waals surface area contributed by atoms with E-state index in [-0.39, 0.29) is 11.2 Å². The maximum absolute atomic E-state index is 14.1. The van der Waals surface area contributed by atoms with Crippen molar-refractivity contribution in [2.45, 2.75) is 19.9 Å². The molecule has 5 aromatic rings. The molecule has 9 heteroatoms. The van der Waals surface area contributed by atoms with Crippen molar-refractivity contribution in [3.05, 3.63) is 112 Å². The van der Waals surface area contributed by atoms with Crippen molar-refractivity contribution in [3.8, 4) is 16.8 Å². The summed E-state index contributed by atoms with van der Waals surface area (Å²) >= 11 is 0. The number of nitrogens with zero attached hydrogens (tertiary/aromatic N) is 6. The van der Waals surface area contributed by atoms with Gasteiger partial charge in [0.25, 0.3) is 5.56 Å². The Hall–Kier alpha value is -4.97. The minimum absolute atomic E-state index is 0.266. The Bertz CT molecular complexity index is 1690. The van der Waals surface area contributed by atoms with Gasteiger partial charge in [-0.1, -0.05) is 30.3 Å². The summed E-state index contributed by atoms with van der Waals surface area (Å²) in [6.45, 7) is 11.0. The monoisotopic (exact) mass is 477 g/mol. The molecule has 1 N–H and O–H groups in total. The van der Waals surface area contributed by atoms with Crippen molar-refractivity contribution >= 4 is 22.4 Å². The topological polar surface area (TPSA) is 90.0 Å². The molecule has 36 heavy (non-hydrogen) atoms. The van der Waals surface area contributed by atoms with Crippen LogP contribution in [0.1, 0.15) is 24.6 Å². The summed E-state index contributed by atoms with van der Waals surface area (Å²) in [6, 6.07) is 15.3. The third-order valence-electron chi connectivity index (χ3n) is 5.70. The van der Waals surface area contributed by atoms with E-state index in [0.717, 1.165) is 6.20 Å². The van der Waals surface area contributed by atoms with E-state index in [1.807, 2.05) is 37.3 Å². The van der Waals surface area contributed by atoms with Crippen LogP contribution in [0.25, 0.3) is 32.6 Å². The first kappa shape index (κ1) is 22.8. The van der Waals surface area contributed by atoms with Gasteiger partial charge in [0, 0.05) is 18.0 Å². The van der Waals surface area contributed by atoms with E-state index in [1.165, 1.54) is 23.0 Å². The van der Waals surface area contributed by atoms with Gasteiger partial charge in [0.2, 0.25) is 5.69 Å². The average molecular weight is 478 g/mol. The molecule has 0 saturated heterocycles. The number of para-hydroxylation sites is 1. The molecule has 2 aromatic carbocycles. The summed E-state index contributed by atoms with van der Waals surface area (Å²) in [5.41, 5.74) is 2.06. The first-order valence-corrected chi connectivity index (χ1v) is 11.2. The van der Waals surface area contributed by atoms with Crippen LogP contribution in [0, 0.1) is 19.3 Å². The van der Waals surface area contributed by atoms with Gasteiger partial charge in [-0.15, -0.1) is 0 Å². The summed E-state index contributed by atoms with van der Waals surface area (Å²) in [5, 5.41) is 3.58. The van der Waals surface area contributed by atoms with Gasteiger partial charge in [-0.05, 0) is 43.7 Å². The molecular formula is C27H20FN7O. The maximum Gasteiger partial charge on any atom is 0.266 e. The molecule has 3 heterocycles. The van der Waals surface area contributed by atoms with E-state index >= 15 is 0 Å². The summed E-state index contributed by atoms with van der Waals surface area (Å²) in [7, 11) is 0. The SMILES string of the molecule is [C-]#[N+]c1cnc(C)nc1N[C@@H](C)c1nc2cccc(-c3cncc(F)c3)c2c(=O)n1-c1ccccc1. The summed E-state index contributed by atoms with van der Waals surface area (Å²) in [6.07, 6.45) is 4.10. The van der Waals surface area contributed by atoms with Crippen LogP contribution in [0.2, 0.25) is 0 Å². The predicted octanol–water partition coefficient (Wildman–Crippen LogP) is 5.41. The maximum atomic E-state index is 14.1. The van der Waals surface area contributed by atoms with E-state index in [0.29, 0.717) is 45.2 Å². The molecule has 0 aliphatic carbocycles. The van der Waals surface area contributed by atoms with Gasteiger partial charge in [-0.25, -0.2) is 19.2 Å². The van der Waals surface area contributed by atoms with E-state index in [9.17, 15) is 9.18 Å². The Morgan fingerprint density at radius 1 is 1.06 bits per heavy atom. The van der Waals surface area contributed by atoms with Gasteiger partial charge in [0.05, 0.1) is 35.4 Å². The Morgan fingerprint density at radius 3 is 2.61 bits per heavy atom. The number of nitrogens with one attached hydrogen (secondary N) is 1. The van der Waals surface area contributed by atoms with Crippen LogP contribution in [0.4, 0.5) is 15.9 Å². The Balaban J connectivity index is 1.75. The van der Waals surface area contributed by atoms with Gasteiger partial charge in [-0.3, -0.25) is 19.3 Å². The van der Waals surface area contributed by atoms with Crippen molar-refractivity contribution in [2.24, 2.45) is 0 Å². The molecule has 5 rings (SSSR count). The van der Waals surface area contributed by atoms with Gasteiger partial charge < -0.3 is 5.32 Å². The van der Waals surface area contributed by atoms with Crippen LogP contribution >= 0.6 is 0 Å². The summed E-state index contributed by atoms with van der Waals surface area (Å²) in [4.78, 5) is 34.8. The lowest BCUT2D eigenvalue weighted by Crippen LogP contribution is -2.27. The Morgan fingerprint density at radius 2 is 1.86 bits per heavy atom. The fourth-order valence-corrected chi connectivity index (χ4v) is 4.09. The van der Waals surface area contributed by atoms with Crippen LogP contribution in [-0.2, 0) is 0 Å². The number of hydrogen-bond acceptors (Lipinski definition) is 6. The number of fused-ring (bicyclic) bond motifs is 1. The van der Waals surface area contributed by atoms with Crippen LogP contribution in [-0.4, -0.2) is 24.5 Å². The molecule has 0 fully saturated rings. The highest BCUT2D eigenvalue weighted by Gasteiger charge is 2.21. The van der Waals surface area contributed by atoms with Crippen molar-refractivity contribution in [2.75, 3.05) is 5.32 Å². The molecule has 1 atom stereocenters. The molecule has 0 saturated carbocycles. The number of halogens is 1. The number of anilines is 1. The normalized spacial score (nSPS) is 11.7. The summed E-state index contributed by atoms with van der Waals surface area (Å²) in [5.74, 6) is 0.808. The van der Waals surface area contributed by atoms with Crippen LogP contribution < -0.4 is 10.9 Å². The fourth-order valence-electron chi connectivity index (χ4n) is 4.09. The number of aromatic nitrogens is 5.